The van der Waals surface area contributed by atoms with Gasteiger partial charge in [0.1, 0.15) is 0 Å². The van der Waals surface area contributed by atoms with E-state index in [0.29, 0.717) is 33.9 Å². The first kappa shape index (κ1) is 31.5. The van der Waals surface area contributed by atoms with Crippen LogP contribution in [0.3, 0.4) is 0 Å². The van der Waals surface area contributed by atoms with E-state index in [1.54, 1.807) is 37.2 Å². The molecule has 0 fully saturated rings. The highest BCUT2D eigenvalue weighted by molar-refractivity contribution is 6.00. The molecule has 4 aromatic heterocycles. The minimum atomic E-state index is -1.38. The summed E-state index contributed by atoms with van der Waals surface area (Å²) in [6, 6.07) is 19.3. The number of benzene rings is 1. The number of aryl methyl sites for hydroxylation is 2. The molecular formula is C35H36ClN5O2. The maximum Gasteiger partial charge on any atom is 0.342 e. The lowest BCUT2D eigenvalue weighted by Gasteiger charge is -2.35. The Balaban J connectivity index is 0.00000423. The lowest BCUT2D eigenvalue weighted by molar-refractivity contribution is 0.0138. The molecule has 0 amide bonds. The van der Waals surface area contributed by atoms with Crippen LogP contribution in [0.5, 0.6) is 0 Å². The van der Waals surface area contributed by atoms with E-state index in [1.807, 2.05) is 74.5 Å². The number of rotatable bonds is 9. The van der Waals surface area contributed by atoms with Crippen LogP contribution in [-0.4, -0.2) is 25.9 Å². The van der Waals surface area contributed by atoms with Crippen molar-refractivity contribution < 1.29 is 9.53 Å². The molecule has 0 aliphatic rings. The second-order valence-corrected chi connectivity index (χ2v) is 10.8. The smallest absolute Gasteiger partial charge is 0.342 e. The van der Waals surface area contributed by atoms with Gasteiger partial charge < -0.3 is 10.5 Å². The van der Waals surface area contributed by atoms with E-state index in [1.165, 1.54) is 0 Å². The SMILES string of the molecule is Cc1ccc(-c2c(CN)c(CC(C)C)nc(C)c2C(=O)OC(c2cccnc2)(c2cccnc2)c2cccnc2)cc1.Cl. The van der Waals surface area contributed by atoms with Gasteiger partial charge in [0.2, 0.25) is 0 Å². The molecule has 0 saturated heterocycles. The topological polar surface area (TPSA) is 104 Å². The van der Waals surface area contributed by atoms with Crippen molar-refractivity contribution in [2.45, 2.75) is 46.3 Å². The highest BCUT2D eigenvalue weighted by Gasteiger charge is 2.43. The molecule has 1 aromatic carbocycles. The van der Waals surface area contributed by atoms with Gasteiger partial charge in [-0.1, -0.05) is 61.9 Å². The van der Waals surface area contributed by atoms with E-state index in [4.69, 9.17) is 15.5 Å². The molecule has 4 heterocycles. The molecular weight excluding hydrogens is 558 g/mol. The Kier molecular flexibility index (Phi) is 10.0. The molecule has 0 radical (unpaired) electrons. The van der Waals surface area contributed by atoms with Crippen molar-refractivity contribution in [2.24, 2.45) is 11.7 Å². The minimum Gasteiger partial charge on any atom is -0.440 e. The summed E-state index contributed by atoms with van der Waals surface area (Å²) in [6.07, 6.45) is 10.9. The fraction of sp³-hybridized carbons (Fsp3) is 0.229. The van der Waals surface area contributed by atoms with E-state index >= 15 is 0 Å². The number of hydrogen-bond acceptors (Lipinski definition) is 7. The van der Waals surface area contributed by atoms with E-state index in [-0.39, 0.29) is 19.0 Å². The third kappa shape index (κ3) is 6.33. The molecule has 43 heavy (non-hydrogen) atoms. The zero-order valence-corrected chi connectivity index (χ0v) is 25.6. The standard InChI is InChI=1S/C35H35N5O2.ClH/c1-23(2)18-31-30(19-36)33(26-13-11-24(3)12-14-26)32(25(4)40-31)34(41)42-35(27-8-5-15-37-20-27,28-9-6-16-38-21-28)29-10-7-17-39-22-29;/h5-17,20-23H,18-19,36H2,1-4H3;1H. The number of carbonyl (C=O) groups excluding carboxylic acids is 1. The summed E-state index contributed by atoms with van der Waals surface area (Å²) in [4.78, 5) is 32.8. The van der Waals surface area contributed by atoms with Crippen LogP contribution in [0.2, 0.25) is 0 Å². The highest BCUT2D eigenvalue weighted by atomic mass is 35.5. The Labute approximate surface area is 259 Å². The Bertz CT molecular complexity index is 1570. The van der Waals surface area contributed by atoms with Gasteiger partial charge in [-0.2, -0.15) is 0 Å². The summed E-state index contributed by atoms with van der Waals surface area (Å²) in [7, 11) is 0. The molecule has 0 atom stereocenters. The lowest BCUT2D eigenvalue weighted by atomic mass is 9.82. The van der Waals surface area contributed by atoms with Crippen LogP contribution in [0.25, 0.3) is 11.1 Å². The van der Waals surface area contributed by atoms with E-state index < -0.39 is 11.6 Å². The van der Waals surface area contributed by atoms with Gasteiger partial charge in [-0.3, -0.25) is 19.9 Å². The summed E-state index contributed by atoms with van der Waals surface area (Å²) in [6.45, 7) is 8.43. The van der Waals surface area contributed by atoms with Gasteiger partial charge in [-0.05, 0) is 55.5 Å². The predicted octanol–water partition coefficient (Wildman–Crippen LogP) is 6.78. The summed E-state index contributed by atoms with van der Waals surface area (Å²) in [5, 5.41) is 0. The quantitative estimate of drug-likeness (QED) is 0.188. The van der Waals surface area contributed by atoms with Crippen LogP contribution in [0.15, 0.2) is 97.8 Å². The van der Waals surface area contributed by atoms with Gasteiger partial charge in [0.15, 0.2) is 5.60 Å². The first-order chi connectivity index (χ1) is 20.3. The van der Waals surface area contributed by atoms with Crippen LogP contribution in [0.4, 0.5) is 0 Å². The Hall–Kier alpha value is -4.46. The van der Waals surface area contributed by atoms with Crippen molar-refractivity contribution in [1.29, 1.82) is 0 Å². The number of hydrogen-bond donors (Lipinski definition) is 1. The number of esters is 1. The Morgan fingerprint density at radius 2 is 1.35 bits per heavy atom. The van der Waals surface area contributed by atoms with Gasteiger partial charge in [0, 0.05) is 71.7 Å². The summed E-state index contributed by atoms with van der Waals surface area (Å²) in [5.74, 6) is -0.168. The van der Waals surface area contributed by atoms with Crippen LogP contribution in [0, 0.1) is 19.8 Å². The second-order valence-electron chi connectivity index (χ2n) is 10.8. The average Bonchev–Trinajstić information content (AvgIpc) is 3.01. The molecule has 2 N–H and O–H groups in total. The van der Waals surface area contributed by atoms with Crippen molar-refractivity contribution >= 4 is 18.4 Å². The van der Waals surface area contributed by atoms with Crippen molar-refractivity contribution in [2.75, 3.05) is 0 Å². The fourth-order valence-electron chi connectivity index (χ4n) is 5.45. The van der Waals surface area contributed by atoms with Crippen molar-refractivity contribution in [1.82, 2.24) is 19.9 Å². The van der Waals surface area contributed by atoms with Crippen molar-refractivity contribution in [3.8, 4) is 11.1 Å². The molecule has 0 spiro atoms. The molecule has 0 bridgehead atoms. The molecule has 0 aliphatic carbocycles. The van der Waals surface area contributed by atoms with Gasteiger partial charge in [0.05, 0.1) is 11.3 Å². The number of aromatic nitrogens is 4. The lowest BCUT2D eigenvalue weighted by Crippen LogP contribution is -2.36. The average molecular weight is 594 g/mol. The van der Waals surface area contributed by atoms with Gasteiger partial charge in [-0.15, -0.1) is 12.4 Å². The number of nitrogens with zero attached hydrogens (tertiary/aromatic N) is 4. The van der Waals surface area contributed by atoms with E-state index in [0.717, 1.165) is 34.4 Å². The molecule has 0 aliphatic heterocycles. The third-order valence-corrected chi connectivity index (χ3v) is 7.36. The van der Waals surface area contributed by atoms with Crippen LogP contribution in [-0.2, 0) is 23.3 Å². The van der Waals surface area contributed by atoms with Crippen LogP contribution < -0.4 is 5.73 Å². The van der Waals surface area contributed by atoms with Crippen molar-refractivity contribution in [3.63, 3.8) is 0 Å². The maximum atomic E-state index is 14.7. The number of pyridine rings is 4. The third-order valence-electron chi connectivity index (χ3n) is 7.36. The molecule has 7 nitrogen and oxygen atoms in total. The monoisotopic (exact) mass is 593 g/mol. The van der Waals surface area contributed by atoms with Crippen LogP contribution >= 0.6 is 12.4 Å². The number of carbonyl (C=O) groups is 1. The first-order valence-electron chi connectivity index (χ1n) is 14.1. The number of nitrogens with two attached hydrogens (primary N) is 1. The summed E-state index contributed by atoms with van der Waals surface area (Å²) >= 11 is 0. The summed E-state index contributed by atoms with van der Waals surface area (Å²) in [5.41, 5.74) is 12.5. The van der Waals surface area contributed by atoms with E-state index in [9.17, 15) is 4.79 Å². The van der Waals surface area contributed by atoms with Gasteiger partial charge >= 0.3 is 5.97 Å². The largest absolute Gasteiger partial charge is 0.440 e. The van der Waals surface area contributed by atoms with Crippen molar-refractivity contribution in [3.05, 3.63) is 143 Å². The fourth-order valence-corrected chi connectivity index (χ4v) is 5.45. The molecule has 0 saturated carbocycles. The Morgan fingerprint density at radius 3 is 1.77 bits per heavy atom. The zero-order valence-electron chi connectivity index (χ0n) is 24.8. The first-order valence-corrected chi connectivity index (χ1v) is 14.1. The number of halogens is 1. The normalized spacial score (nSPS) is 11.2. The second kappa shape index (κ2) is 13.7. The molecule has 5 rings (SSSR count). The Morgan fingerprint density at radius 1 is 0.837 bits per heavy atom. The minimum absolute atomic E-state index is 0. The molecule has 8 heteroatoms. The van der Waals surface area contributed by atoms with E-state index in [2.05, 4.69) is 28.8 Å². The highest BCUT2D eigenvalue weighted by Crippen LogP contribution is 2.42. The molecule has 5 aromatic rings. The zero-order chi connectivity index (χ0) is 29.7. The number of ether oxygens (including phenoxy) is 1. The van der Waals surface area contributed by atoms with Gasteiger partial charge in [0.25, 0.3) is 0 Å². The molecule has 220 valence electrons. The summed E-state index contributed by atoms with van der Waals surface area (Å²) < 4.78 is 6.73. The van der Waals surface area contributed by atoms with Gasteiger partial charge in [-0.25, -0.2) is 4.79 Å². The van der Waals surface area contributed by atoms with Crippen LogP contribution in [0.1, 0.15) is 63.4 Å². The maximum absolute atomic E-state index is 14.7. The molecule has 0 unspecified atom stereocenters. The predicted molar refractivity (Wildman–Crippen MR) is 171 cm³/mol.